The van der Waals surface area contributed by atoms with E-state index in [1.54, 1.807) is 26.5 Å². The maximum atomic E-state index is 14.5. The number of hydrogen-bond acceptors (Lipinski definition) is 6. The number of nitrogens with zero attached hydrogens (tertiary/aromatic N) is 3. The highest BCUT2D eigenvalue weighted by Gasteiger charge is 2.71. The first-order valence-electron chi connectivity index (χ1n) is 14.8. The standard InChI is InChI=1S/C33H37N3O5S/c1-3-23(21-37)36-29-32(40)34(20-22-10-6-5-7-11-22)18-9-17-33(29)28(31(36)39)27-26(42-33)12-8-19-35(30(27)38)24-13-15-25(16-14-24)41-4-2/h5-17,23,26-29,37H,3-4,18-21H2,1-2H3/t23-,26+,27-,28-,29?,33-/m0/s1. The van der Waals surface area contributed by atoms with Gasteiger partial charge >= 0.3 is 0 Å². The van der Waals surface area contributed by atoms with Crippen LogP contribution in [0.2, 0.25) is 0 Å². The summed E-state index contributed by atoms with van der Waals surface area (Å²) in [5, 5.41) is 10.1. The van der Waals surface area contributed by atoms with Gasteiger partial charge in [0.1, 0.15) is 11.8 Å². The van der Waals surface area contributed by atoms with Crippen LogP contribution in [0.15, 0.2) is 78.9 Å². The molecular formula is C33H37N3O5S. The van der Waals surface area contributed by atoms with Crippen LogP contribution in [0.1, 0.15) is 25.8 Å². The molecule has 2 fully saturated rings. The first-order chi connectivity index (χ1) is 20.4. The van der Waals surface area contributed by atoms with E-state index in [1.807, 2.05) is 92.7 Å². The lowest BCUT2D eigenvalue weighted by Crippen LogP contribution is -2.56. The van der Waals surface area contributed by atoms with E-state index >= 15 is 0 Å². The van der Waals surface area contributed by atoms with Crippen LogP contribution in [0, 0.1) is 11.8 Å². The molecule has 0 aromatic heterocycles. The minimum absolute atomic E-state index is 0.124. The number of carbonyl (C=O) groups is 3. The summed E-state index contributed by atoms with van der Waals surface area (Å²) in [6.07, 6.45) is 8.55. The Morgan fingerprint density at radius 2 is 1.74 bits per heavy atom. The monoisotopic (exact) mass is 587 g/mol. The van der Waals surface area contributed by atoms with Gasteiger partial charge in [-0.2, -0.15) is 0 Å². The summed E-state index contributed by atoms with van der Waals surface area (Å²) >= 11 is 1.56. The normalized spacial score (nSPS) is 29.2. The molecule has 4 aliphatic heterocycles. The second-order valence-corrected chi connectivity index (χ2v) is 12.7. The number of benzene rings is 2. The highest BCUT2D eigenvalue weighted by molar-refractivity contribution is 8.02. The van der Waals surface area contributed by atoms with Crippen molar-refractivity contribution in [2.24, 2.45) is 11.8 Å². The van der Waals surface area contributed by atoms with Crippen molar-refractivity contribution in [3.05, 3.63) is 84.5 Å². The number of aliphatic hydroxyl groups is 1. The van der Waals surface area contributed by atoms with Gasteiger partial charge in [0.2, 0.25) is 17.7 Å². The number of aliphatic hydroxyl groups excluding tert-OH is 1. The zero-order chi connectivity index (χ0) is 29.4. The summed E-state index contributed by atoms with van der Waals surface area (Å²) in [7, 11) is 0. The fourth-order valence-electron chi connectivity index (χ4n) is 7.00. The van der Waals surface area contributed by atoms with Crippen molar-refractivity contribution < 1.29 is 24.2 Å². The second kappa shape index (κ2) is 11.6. The van der Waals surface area contributed by atoms with Gasteiger partial charge in [-0.3, -0.25) is 14.4 Å². The summed E-state index contributed by atoms with van der Waals surface area (Å²) in [6.45, 7) is 5.37. The molecule has 0 radical (unpaired) electrons. The Bertz CT molecular complexity index is 1390. The molecule has 3 amide bonds. The Balaban J connectivity index is 1.39. The molecule has 8 nitrogen and oxygen atoms in total. The molecule has 0 aliphatic carbocycles. The van der Waals surface area contributed by atoms with Gasteiger partial charge in [0.25, 0.3) is 0 Å². The SMILES string of the molecule is CCOc1ccc(N2CC=C[C@H]3S[C@]45C=CCN(Cc6ccccc6)C(=O)C4N([C@@H](CC)CO)C(=O)[C@@H]5[C@H]3C2=O)cc1. The molecule has 0 saturated carbocycles. The molecule has 6 rings (SSSR count). The zero-order valence-electron chi connectivity index (χ0n) is 24.0. The Labute approximate surface area is 251 Å². The number of hydrogen-bond donors (Lipinski definition) is 1. The Morgan fingerprint density at radius 1 is 0.976 bits per heavy atom. The molecule has 6 atom stereocenters. The molecule has 1 spiro atoms. The maximum Gasteiger partial charge on any atom is 0.247 e. The lowest BCUT2D eigenvalue weighted by atomic mass is 9.78. The molecule has 0 bridgehead atoms. The van der Waals surface area contributed by atoms with Gasteiger partial charge in [-0.15, -0.1) is 11.8 Å². The van der Waals surface area contributed by atoms with Crippen molar-refractivity contribution in [3.8, 4) is 5.75 Å². The fraction of sp³-hybridized carbons (Fsp3) is 0.424. The van der Waals surface area contributed by atoms with Gasteiger partial charge in [-0.1, -0.05) is 61.6 Å². The van der Waals surface area contributed by atoms with Crippen molar-refractivity contribution in [1.82, 2.24) is 9.80 Å². The lowest BCUT2D eigenvalue weighted by Gasteiger charge is -2.38. The number of amides is 3. The Kier molecular flexibility index (Phi) is 7.89. The summed E-state index contributed by atoms with van der Waals surface area (Å²) in [6, 6.07) is 15.9. The molecule has 42 heavy (non-hydrogen) atoms. The Morgan fingerprint density at radius 3 is 2.43 bits per heavy atom. The number of ether oxygens (including phenoxy) is 1. The van der Waals surface area contributed by atoms with Crippen LogP contribution >= 0.6 is 11.8 Å². The molecule has 2 saturated heterocycles. The van der Waals surface area contributed by atoms with Gasteiger partial charge in [0.05, 0.1) is 35.8 Å². The first kappa shape index (κ1) is 28.6. The van der Waals surface area contributed by atoms with Crippen LogP contribution in [0.25, 0.3) is 0 Å². The van der Waals surface area contributed by atoms with Gasteiger partial charge in [-0.05, 0) is 43.2 Å². The van der Waals surface area contributed by atoms with E-state index in [0.29, 0.717) is 32.7 Å². The Hall–Kier alpha value is -3.56. The van der Waals surface area contributed by atoms with Gasteiger partial charge in [0.15, 0.2) is 0 Å². The van der Waals surface area contributed by atoms with Crippen LogP contribution in [0.4, 0.5) is 5.69 Å². The molecular weight excluding hydrogens is 550 g/mol. The average molecular weight is 588 g/mol. The van der Waals surface area contributed by atoms with Gasteiger partial charge in [0, 0.05) is 30.6 Å². The lowest BCUT2D eigenvalue weighted by molar-refractivity contribution is -0.145. The molecule has 4 aliphatic rings. The van der Waals surface area contributed by atoms with Crippen molar-refractivity contribution in [2.75, 3.05) is 31.2 Å². The molecule has 1 unspecified atom stereocenters. The zero-order valence-corrected chi connectivity index (χ0v) is 24.8. The molecule has 2 aromatic rings. The summed E-state index contributed by atoms with van der Waals surface area (Å²) < 4.78 is 4.67. The molecule has 2 aromatic carbocycles. The third kappa shape index (κ3) is 4.63. The summed E-state index contributed by atoms with van der Waals surface area (Å²) in [5.74, 6) is -1.13. The van der Waals surface area contributed by atoms with Crippen LogP contribution in [-0.2, 0) is 20.9 Å². The number of anilines is 1. The average Bonchev–Trinajstić information content (AvgIpc) is 3.32. The van der Waals surface area contributed by atoms with Crippen LogP contribution in [-0.4, -0.2) is 81.0 Å². The minimum atomic E-state index is -0.917. The molecule has 9 heteroatoms. The van der Waals surface area contributed by atoms with Crippen molar-refractivity contribution in [1.29, 1.82) is 0 Å². The second-order valence-electron chi connectivity index (χ2n) is 11.2. The number of thioether (sulfide) groups is 1. The quantitative estimate of drug-likeness (QED) is 0.475. The van der Waals surface area contributed by atoms with E-state index < -0.39 is 28.7 Å². The number of likely N-dealkylation sites (tertiary alicyclic amines) is 1. The number of fused-ring (bicyclic) bond motifs is 2. The van der Waals surface area contributed by atoms with E-state index in [4.69, 9.17) is 4.74 Å². The first-order valence-corrected chi connectivity index (χ1v) is 15.6. The topological polar surface area (TPSA) is 90.4 Å². The molecule has 1 N–H and O–H groups in total. The highest BCUT2D eigenvalue weighted by atomic mass is 32.2. The molecule has 4 heterocycles. The van der Waals surface area contributed by atoms with E-state index in [9.17, 15) is 19.5 Å². The number of rotatable bonds is 8. The third-order valence-electron chi connectivity index (χ3n) is 8.93. The van der Waals surface area contributed by atoms with E-state index in [-0.39, 0.29) is 29.6 Å². The van der Waals surface area contributed by atoms with E-state index in [1.165, 1.54) is 0 Å². The van der Waals surface area contributed by atoms with Gasteiger partial charge < -0.3 is 24.5 Å². The maximum absolute atomic E-state index is 14.5. The summed E-state index contributed by atoms with van der Waals surface area (Å²) in [4.78, 5) is 48.5. The van der Waals surface area contributed by atoms with Crippen LogP contribution in [0.5, 0.6) is 5.75 Å². The number of carbonyl (C=O) groups excluding carboxylic acids is 3. The van der Waals surface area contributed by atoms with Crippen molar-refractivity contribution in [3.63, 3.8) is 0 Å². The molecule has 220 valence electrons. The van der Waals surface area contributed by atoms with Crippen molar-refractivity contribution >= 4 is 35.2 Å². The predicted molar refractivity (Wildman–Crippen MR) is 163 cm³/mol. The smallest absolute Gasteiger partial charge is 0.247 e. The summed E-state index contributed by atoms with van der Waals surface area (Å²) in [5.41, 5.74) is 1.74. The highest BCUT2D eigenvalue weighted by Crippen LogP contribution is 2.61. The van der Waals surface area contributed by atoms with Gasteiger partial charge in [-0.25, -0.2) is 0 Å². The predicted octanol–water partition coefficient (Wildman–Crippen LogP) is 3.66. The minimum Gasteiger partial charge on any atom is -0.494 e. The van der Waals surface area contributed by atoms with Crippen molar-refractivity contribution in [2.45, 2.75) is 48.9 Å². The largest absolute Gasteiger partial charge is 0.494 e. The van der Waals surface area contributed by atoms with E-state index in [0.717, 1.165) is 17.0 Å². The van der Waals surface area contributed by atoms with E-state index in [2.05, 4.69) is 0 Å². The van der Waals surface area contributed by atoms with Crippen LogP contribution in [0.3, 0.4) is 0 Å². The van der Waals surface area contributed by atoms with Crippen LogP contribution < -0.4 is 9.64 Å². The third-order valence-corrected chi connectivity index (χ3v) is 10.7. The fourth-order valence-corrected chi connectivity index (χ4v) is 8.99.